The number of methoxy groups -OCH3 is 1. The molecule has 0 unspecified atom stereocenters. The molecule has 1 saturated carbocycles. The third kappa shape index (κ3) is 2.59. The van der Waals surface area contributed by atoms with Gasteiger partial charge < -0.3 is 4.74 Å². The maximum Gasteiger partial charge on any atom is 0.204 e. The molecule has 1 aliphatic rings. The minimum absolute atomic E-state index is 0.180. The molecule has 1 heterocycles. The molecular formula is C16H27N3O2. The van der Waals surface area contributed by atoms with Crippen LogP contribution in [0.2, 0.25) is 0 Å². The molecule has 5 heteroatoms. The van der Waals surface area contributed by atoms with Crippen LogP contribution in [0.5, 0.6) is 5.75 Å². The fourth-order valence-electron chi connectivity index (χ4n) is 3.68. The molecule has 1 fully saturated rings. The Bertz CT molecular complexity index is 464. The number of ether oxygens (including phenoxy) is 1. The molecule has 0 aromatic carbocycles. The number of Topliss-reactive ketones (excluding diaryl/α,β-unsaturated/α-hetero) is 1. The Kier molecular flexibility index (Phi) is 5.04. The summed E-state index contributed by atoms with van der Waals surface area (Å²) < 4.78 is 7.15. The molecule has 0 saturated heterocycles. The second-order valence-corrected chi connectivity index (χ2v) is 5.62. The van der Waals surface area contributed by atoms with Crippen LogP contribution in [0.4, 0.5) is 0 Å². The van der Waals surface area contributed by atoms with E-state index in [0.29, 0.717) is 18.0 Å². The highest BCUT2D eigenvalue weighted by molar-refractivity contribution is 6.04. The van der Waals surface area contributed by atoms with Gasteiger partial charge in [-0.1, -0.05) is 26.7 Å². The Labute approximate surface area is 127 Å². The first-order chi connectivity index (χ1) is 10.1. The Balaban J connectivity index is 2.46. The van der Waals surface area contributed by atoms with Gasteiger partial charge in [0.15, 0.2) is 5.75 Å². The van der Waals surface area contributed by atoms with E-state index in [2.05, 4.69) is 23.8 Å². The topological polar surface area (TPSA) is 47.4 Å². The number of carbonyl (C=O) groups excluding carboxylic acids is 1. The molecule has 1 aromatic rings. The lowest BCUT2D eigenvalue weighted by molar-refractivity contribution is 0.0569. The standard InChI is InChI=1S/C16H27N3O2/c1-5-18(6-2)16(10-8-9-11-16)15(20)14-13(21-4)12-17-19(14)7-3/h12H,5-11H2,1-4H3. The maximum absolute atomic E-state index is 13.4. The first-order valence-corrected chi connectivity index (χ1v) is 8.04. The fraction of sp³-hybridized carbons (Fsp3) is 0.750. The van der Waals surface area contributed by atoms with Crippen molar-refractivity contribution in [1.29, 1.82) is 0 Å². The van der Waals surface area contributed by atoms with Crippen LogP contribution in [0, 0.1) is 0 Å². The van der Waals surface area contributed by atoms with E-state index in [1.54, 1.807) is 18.0 Å². The maximum atomic E-state index is 13.4. The number of nitrogens with zero attached hydrogens (tertiary/aromatic N) is 3. The summed E-state index contributed by atoms with van der Waals surface area (Å²) in [5.74, 6) is 0.778. The minimum Gasteiger partial charge on any atom is -0.493 e. The highest BCUT2D eigenvalue weighted by atomic mass is 16.5. The molecule has 0 amide bonds. The van der Waals surface area contributed by atoms with E-state index in [1.165, 1.54) is 0 Å². The monoisotopic (exact) mass is 293 g/mol. The van der Waals surface area contributed by atoms with Gasteiger partial charge in [-0.05, 0) is 32.9 Å². The van der Waals surface area contributed by atoms with Gasteiger partial charge in [-0.25, -0.2) is 0 Å². The van der Waals surface area contributed by atoms with Gasteiger partial charge in [0, 0.05) is 6.54 Å². The van der Waals surface area contributed by atoms with Gasteiger partial charge in [-0.2, -0.15) is 5.10 Å². The summed E-state index contributed by atoms with van der Waals surface area (Å²) in [7, 11) is 1.60. The van der Waals surface area contributed by atoms with E-state index in [0.717, 1.165) is 38.8 Å². The number of hydrogen-bond acceptors (Lipinski definition) is 4. The number of carbonyl (C=O) groups is 1. The first-order valence-electron chi connectivity index (χ1n) is 8.04. The van der Waals surface area contributed by atoms with Crippen LogP contribution < -0.4 is 4.74 Å². The van der Waals surface area contributed by atoms with Crippen molar-refractivity contribution in [2.45, 2.75) is 58.5 Å². The summed E-state index contributed by atoms with van der Waals surface area (Å²) in [5, 5.41) is 4.29. The summed E-state index contributed by atoms with van der Waals surface area (Å²) in [6.45, 7) is 8.73. The predicted molar refractivity (Wildman–Crippen MR) is 82.9 cm³/mol. The summed E-state index contributed by atoms with van der Waals surface area (Å²) in [4.78, 5) is 15.7. The van der Waals surface area contributed by atoms with Crippen LogP contribution in [0.25, 0.3) is 0 Å². The van der Waals surface area contributed by atoms with Crippen LogP contribution in [-0.4, -0.2) is 46.2 Å². The average molecular weight is 293 g/mol. The van der Waals surface area contributed by atoms with E-state index >= 15 is 0 Å². The molecule has 2 rings (SSSR count). The molecule has 1 aliphatic carbocycles. The van der Waals surface area contributed by atoms with Crippen LogP contribution >= 0.6 is 0 Å². The number of aromatic nitrogens is 2. The number of rotatable bonds is 7. The highest BCUT2D eigenvalue weighted by Crippen LogP contribution is 2.39. The Morgan fingerprint density at radius 2 is 1.95 bits per heavy atom. The van der Waals surface area contributed by atoms with Crippen molar-refractivity contribution in [2.75, 3.05) is 20.2 Å². The molecule has 118 valence electrons. The van der Waals surface area contributed by atoms with E-state index in [4.69, 9.17) is 4.74 Å². The van der Waals surface area contributed by atoms with Crippen LogP contribution in [0.3, 0.4) is 0 Å². The fourth-order valence-corrected chi connectivity index (χ4v) is 3.68. The second-order valence-electron chi connectivity index (χ2n) is 5.62. The number of ketones is 1. The minimum atomic E-state index is -0.371. The molecule has 5 nitrogen and oxygen atoms in total. The van der Waals surface area contributed by atoms with Crippen molar-refractivity contribution >= 4 is 5.78 Å². The van der Waals surface area contributed by atoms with Crippen LogP contribution in [-0.2, 0) is 6.54 Å². The summed E-state index contributed by atoms with van der Waals surface area (Å²) in [6, 6.07) is 0. The van der Waals surface area contributed by atoms with Crippen molar-refractivity contribution < 1.29 is 9.53 Å². The molecule has 0 spiro atoms. The van der Waals surface area contributed by atoms with E-state index in [1.807, 2.05) is 6.92 Å². The normalized spacial score (nSPS) is 17.4. The zero-order valence-corrected chi connectivity index (χ0v) is 13.7. The van der Waals surface area contributed by atoms with E-state index in [-0.39, 0.29) is 11.3 Å². The molecule has 0 radical (unpaired) electrons. The first kappa shape index (κ1) is 16.0. The molecule has 0 atom stereocenters. The van der Waals surface area contributed by atoms with Crippen molar-refractivity contribution in [2.24, 2.45) is 0 Å². The van der Waals surface area contributed by atoms with Gasteiger partial charge in [0.2, 0.25) is 5.78 Å². The van der Waals surface area contributed by atoms with Gasteiger partial charge in [0.05, 0.1) is 18.8 Å². The van der Waals surface area contributed by atoms with Crippen LogP contribution in [0.1, 0.15) is 56.9 Å². The molecular weight excluding hydrogens is 266 g/mol. The van der Waals surface area contributed by atoms with Gasteiger partial charge in [0.25, 0.3) is 0 Å². The second kappa shape index (κ2) is 6.60. The SMILES string of the molecule is CCN(CC)C1(C(=O)c2c(OC)cnn2CC)CCCC1. The Morgan fingerprint density at radius 1 is 1.33 bits per heavy atom. The molecule has 0 N–H and O–H groups in total. The van der Waals surface area contributed by atoms with Crippen molar-refractivity contribution in [1.82, 2.24) is 14.7 Å². The molecule has 0 aliphatic heterocycles. The van der Waals surface area contributed by atoms with Crippen molar-refractivity contribution in [3.63, 3.8) is 0 Å². The summed E-state index contributed by atoms with van der Waals surface area (Å²) in [5.41, 5.74) is 0.262. The number of likely N-dealkylation sites (N-methyl/N-ethyl adjacent to an activating group) is 1. The predicted octanol–water partition coefficient (Wildman–Crippen LogP) is 2.75. The average Bonchev–Trinajstić information content (AvgIpc) is 3.14. The van der Waals surface area contributed by atoms with Crippen LogP contribution in [0.15, 0.2) is 6.20 Å². The zero-order valence-electron chi connectivity index (χ0n) is 13.7. The summed E-state index contributed by atoms with van der Waals surface area (Å²) in [6.07, 6.45) is 5.76. The van der Waals surface area contributed by atoms with Gasteiger partial charge in [-0.3, -0.25) is 14.4 Å². The van der Waals surface area contributed by atoms with Gasteiger partial charge in [-0.15, -0.1) is 0 Å². The van der Waals surface area contributed by atoms with Gasteiger partial charge >= 0.3 is 0 Å². The van der Waals surface area contributed by atoms with Crippen molar-refractivity contribution in [3.05, 3.63) is 11.9 Å². The number of aryl methyl sites for hydroxylation is 1. The van der Waals surface area contributed by atoms with E-state index < -0.39 is 0 Å². The Hall–Kier alpha value is -1.36. The largest absolute Gasteiger partial charge is 0.493 e. The lowest BCUT2D eigenvalue weighted by atomic mass is 9.87. The third-order valence-corrected chi connectivity index (χ3v) is 4.76. The third-order valence-electron chi connectivity index (χ3n) is 4.76. The van der Waals surface area contributed by atoms with Gasteiger partial charge in [0.1, 0.15) is 5.69 Å². The number of hydrogen-bond donors (Lipinski definition) is 0. The Morgan fingerprint density at radius 3 is 2.43 bits per heavy atom. The smallest absolute Gasteiger partial charge is 0.204 e. The lowest BCUT2D eigenvalue weighted by Gasteiger charge is -2.39. The quantitative estimate of drug-likeness (QED) is 0.725. The highest BCUT2D eigenvalue weighted by Gasteiger charge is 2.47. The lowest BCUT2D eigenvalue weighted by Crippen LogP contribution is -2.53. The summed E-state index contributed by atoms with van der Waals surface area (Å²) >= 11 is 0. The molecule has 21 heavy (non-hydrogen) atoms. The molecule has 0 bridgehead atoms. The molecule has 1 aromatic heterocycles. The van der Waals surface area contributed by atoms with Crippen molar-refractivity contribution in [3.8, 4) is 5.75 Å². The zero-order chi connectivity index (χ0) is 15.5. The van der Waals surface area contributed by atoms with E-state index in [9.17, 15) is 4.79 Å².